The molecular weight excluding hydrogens is 291 g/mol. The van der Waals surface area contributed by atoms with E-state index in [9.17, 15) is 0 Å². The minimum absolute atomic E-state index is 0.628. The second kappa shape index (κ2) is 5.70. The summed E-state index contributed by atoms with van der Waals surface area (Å²) in [5, 5.41) is 5.87. The maximum atomic E-state index is 6.18. The van der Waals surface area contributed by atoms with Crippen LogP contribution in [0, 0.1) is 0 Å². The summed E-state index contributed by atoms with van der Waals surface area (Å²) in [6.45, 7) is 0.628. The maximum Gasteiger partial charge on any atom is 0.0923 e. The summed E-state index contributed by atoms with van der Waals surface area (Å²) in [6, 6.07) is 17.6. The predicted molar refractivity (Wildman–Crippen MR) is 83.2 cm³/mol. The number of rotatable bonds is 3. The van der Waals surface area contributed by atoms with Crippen LogP contribution in [-0.4, -0.2) is 9.78 Å². The molecule has 0 amide bonds. The van der Waals surface area contributed by atoms with Crippen molar-refractivity contribution in [1.29, 1.82) is 0 Å². The van der Waals surface area contributed by atoms with Crippen LogP contribution in [0.2, 0.25) is 10.0 Å². The van der Waals surface area contributed by atoms with Gasteiger partial charge in [0.25, 0.3) is 0 Å². The maximum absolute atomic E-state index is 6.18. The van der Waals surface area contributed by atoms with Crippen molar-refractivity contribution in [3.8, 4) is 11.3 Å². The van der Waals surface area contributed by atoms with Gasteiger partial charge in [-0.25, -0.2) is 0 Å². The Kier molecular flexibility index (Phi) is 3.77. The second-order valence-electron chi connectivity index (χ2n) is 4.50. The van der Waals surface area contributed by atoms with Gasteiger partial charge in [0, 0.05) is 21.8 Å². The van der Waals surface area contributed by atoms with Crippen LogP contribution in [0.15, 0.2) is 60.8 Å². The Morgan fingerprint density at radius 3 is 2.50 bits per heavy atom. The van der Waals surface area contributed by atoms with Crippen molar-refractivity contribution in [3.63, 3.8) is 0 Å². The summed E-state index contributed by atoms with van der Waals surface area (Å²) in [6.07, 6.45) is 1.95. The summed E-state index contributed by atoms with van der Waals surface area (Å²) in [5.74, 6) is 0. The third kappa shape index (κ3) is 2.87. The number of hydrogen-bond acceptors (Lipinski definition) is 1. The van der Waals surface area contributed by atoms with Crippen molar-refractivity contribution in [1.82, 2.24) is 9.78 Å². The van der Waals surface area contributed by atoms with E-state index >= 15 is 0 Å². The normalized spacial score (nSPS) is 10.7. The van der Waals surface area contributed by atoms with Crippen LogP contribution in [0.3, 0.4) is 0 Å². The molecule has 0 atom stereocenters. The highest BCUT2D eigenvalue weighted by Crippen LogP contribution is 2.22. The first-order chi connectivity index (χ1) is 9.72. The molecule has 3 aromatic rings. The first-order valence-electron chi connectivity index (χ1n) is 6.25. The minimum Gasteiger partial charge on any atom is -0.268 e. The monoisotopic (exact) mass is 302 g/mol. The minimum atomic E-state index is 0.628. The zero-order chi connectivity index (χ0) is 13.9. The van der Waals surface area contributed by atoms with Crippen molar-refractivity contribution in [2.45, 2.75) is 6.54 Å². The van der Waals surface area contributed by atoms with E-state index in [1.807, 2.05) is 59.4 Å². The van der Waals surface area contributed by atoms with Gasteiger partial charge in [0.2, 0.25) is 0 Å². The number of benzene rings is 2. The van der Waals surface area contributed by atoms with Gasteiger partial charge in [-0.1, -0.05) is 59.6 Å². The quantitative estimate of drug-likeness (QED) is 0.672. The molecule has 0 saturated heterocycles. The third-order valence-corrected chi connectivity index (χ3v) is 3.64. The molecule has 0 aliphatic heterocycles. The number of aromatic nitrogens is 2. The van der Waals surface area contributed by atoms with Crippen LogP contribution in [0.5, 0.6) is 0 Å². The lowest BCUT2D eigenvalue weighted by Gasteiger charge is -2.05. The molecule has 3 rings (SSSR count). The van der Waals surface area contributed by atoms with Crippen molar-refractivity contribution in [3.05, 3.63) is 76.4 Å². The fourth-order valence-electron chi connectivity index (χ4n) is 2.04. The first-order valence-corrected chi connectivity index (χ1v) is 7.01. The molecule has 1 heterocycles. The highest BCUT2D eigenvalue weighted by molar-refractivity contribution is 6.35. The van der Waals surface area contributed by atoms with Crippen LogP contribution in [-0.2, 0) is 6.54 Å². The fraction of sp³-hybridized carbons (Fsp3) is 0.0625. The molecule has 0 aliphatic carbocycles. The summed E-state index contributed by atoms with van der Waals surface area (Å²) >= 11 is 12.1. The van der Waals surface area contributed by atoms with E-state index < -0.39 is 0 Å². The van der Waals surface area contributed by atoms with Crippen molar-refractivity contribution in [2.75, 3.05) is 0 Å². The molecule has 20 heavy (non-hydrogen) atoms. The van der Waals surface area contributed by atoms with Gasteiger partial charge >= 0.3 is 0 Å². The molecular formula is C16H12Cl2N2. The zero-order valence-corrected chi connectivity index (χ0v) is 12.1. The predicted octanol–water partition coefficient (Wildman–Crippen LogP) is 4.91. The molecule has 0 N–H and O–H groups in total. The molecule has 100 valence electrons. The van der Waals surface area contributed by atoms with Gasteiger partial charge in [-0.05, 0) is 23.8 Å². The van der Waals surface area contributed by atoms with E-state index in [1.54, 1.807) is 6.07 Å². The summed E-state index contributed by atoms with van der Waals surface area (Å²) in [4.78, 5) is 0. The fourth-order valence-corrected chi connectivity index (χ4v) is 2.51. The summed E-state index contributed by atoms with van der Waals surface area (Å²) in [7, 11) is 0. The van der Waals surface area contributed by atoms with Gasteiger partial charge in [0.15, 0.2) is 0 Å². The Labute approximate surface area is 127 Å². The highest BCUT2D eigenvalue weighted by Gasteiger charge is 2.05. The molecule has 0 bridgehead atoms. The molecule has 0 unspecified atom stereocenters. The zero-order valence-electron chi connectivity index (χ0n) is 10.6. The van der Waals surface area contributed by atoms with Crippen molar-refractivity contribution >= 4 is 23.2 Å². The average Bonchev–Trinajstić information content (AvgIpc) is 2.92. The smallest absolute Gasteiger partial charge is 0.0923 e. The van der Waals surface area contributed by atoms with Crippen LogP contribution in [0.25, 0.3) is 11.3 Å². The van der Waals surface area contributed by atoms with Gasteiger partial charge in [-0.15, -0.1) is 0 Å². The summed E-state index contributed by atoms with van der Waals surface area (Å²) < 4.78 is 1.87. The molecule has 2 aromatic carbocycles. The molecule has 0 fully saturated rings. The molecule has 4 heteroatoms. The highest BCUT2D eigenvalue weighted by atomic mass is 35.5. The second-order valence-corrected chi connectivity index (χ2v) is 5.34. The molecule has 0 aliphatic rings. The molecule has 0 spiro atoms. The third-order valence-electron chi connectivity index (χ3n) is 3.06. The van der Waals surface area contributed by atoms with Crippen LogP contribution >= 0.6 is 23.2 Å². The lowest BCUT2D eigenvalue weighted by atomic mass is 10.2. The van der Waals surface area contributed by atoms with E-state index in [4.69, 9.17) is 23.2 Å². The van der Waals surface area contributed by atoms with Gasteiger partial charge in [0.1, 0.15) is 0 Å². The van der Waals surface area contributed by atoms with Crippen LogP contribution in [0.1, 0.15) is 5.56 Å². The number of halogens is 2. The molecule has 0 radical (unpaired) electrons. The SMILES string of the molecule is Clc1ccc(Cn2ccc(-c3ccccc3)n2)c(Cl)c1. The van der Waals surface area contributed by atoms with Gasteiger partial charge in [-0.2, -0.15) is 5.10 Å². The van der Waals surface area contributed by atoms with Crippen LogP contribution < -0.4 is 0 Å². The first kappa shape index (κ1) is 13.2. The van der Waals surface area contributed by atoms with Gasteiger partial charge in [0.05, 0.1) is 12.2 Å². The van der Waals surface area contributed by atoms with Crippen molar-refractivity contribution in [2.24, 2.45) is 0 Å². The Balaban J connectivity index is 1.84. The van der Waals surface area contributed by atoms with E-state index in [-0.39, 0.29) is 0 Å². The standard InChI is InChI=1S/C16H12Cl2N2/c17-14-7-6-13(15(18)10-14)11-20-9-8-16(19-20)12-4-2-1-3-5-12/h1-10H,11H2. The molecule has 0 saturated carbocycles. The summed E-state index contributed by atoms with van der Waals surface area (Å²) in [5.41, 5.74) is 3.06. The Morgan fingerprint density at radius 1 is 0.950 bits per heavy atom. The topological polar surface area (TPSA) is 17.8 Å². The van der Waals surface area contributed by atoms with E-state index in [0.29, 0.717) is 16.6 Å². The van der Waals surface area contributed by atoms with E-state index in [2.05, 4.69) is 5.10 Å². The molecule has 1 aromatic heterocycles. The van der Waals surface area contributed by atoms with Gasteiger partial charge in [-0.3, -0.25) is 4.68 Å². The lowest BCUT2D eigenvalue weighted by molar-refractivity contribution is 0.689. The lowest BCUT2D eigenvalue weighted by Crippen LogP contribution is -2.01. The molecule has 2 nitrogen and oxygen atoms in total. The van der Waals surface area contributed by atoms with Gasteiger partial charge < -0.3 is 0 Å². The average molecular weight is 303 g/mol. The number of hydrogen-bond donors (Lipinski definition) is 0. The van der Waals surface area contributed by atoms with E-state index in [0.717, 1.165) is 16.8 Å². The Hall–Kier alpha value is -1.77. The number of nitrogens with zero attached hydrogens (tertiary/aromatic N) is 2. The Bertz CT molecular complexity index is 720. The van der Waals surface area contributed by atoms with Crippen LogP contribution in [0.4, 0.5) is 0 Å². The van der Waals surface area contributed by atoms with Crippen molar-refractivity contribution < 1.29 is 0 Å². The van der Waals surface area contributed by atoms with E-state index in [1.165, 1.54) is 0 Å². The largest absolute Gasteiger partial charge is 0.268 e. The Morgan fingerprint density at radius 2 is 1.75 bits per heavy atom.